The van der Waals surface area contributed by atoms with E-state index in [0.29, 0.717) is 23.4 Å². The number of carbonyl (C=O) groups excluding carboxylic acids is 1. The zero-order valence-corrected chi connectivity index (χ0v) is 12.4. The molecule has 1 atom stereocenters. The van der Waals surface area contributed by atoms with E-state index in [1.165, 1.54) is 0 Å². The maximum atomic E-state index is 11.9. The van der Waals surface area contributed by atoms with Gasteiger partial charge in [-0.05, 0) is 31.9 Å². The summed E-state index contributed by atoms with van der Waals surface area (Å²) in [6.07, 6.45) is 0.368. The number of nitrogens with zero attached hydrogens (tertiary/aromatic N) is 1. The zero-order valence-electron chi connectivity index (χ0n) is 12.4. The lowest BCUT2D eigenvalue weighted by Gasteiger charge is -2.18. The summed E-state index contributed by atoms with van der Waals surface area (Å²) in [6.45, 7) is 5.74. The number of H-pyrrole nitrogens is 1. The SMILES string of the molecule is CCC(Oc1ccccc1C)c1n[nH]c(C)c1C(=O)NN. The highest BCUT2D eigenvalue weighted by molar-refractivity contribution is 5.96. The summed E-state index contributed by atoms with van der Waals surface area (Å²) in [6, 6.07) is 7.75. The molecular formula is C15H20N4O2. The Labute approximate surface area is 123 Å². The van der Waals surface area contributed by atoms with Crippen LogP contribution < -0.4 is 16.0 Å². The fourth-order valence-electron chi connectivity index (χ4n) is 2.21. The number of amides is 1. The number of nitrogens with one attached hydrogen (secondary N) is 2. The molecule has 0 saturated heterocycles. The van der Waals surface area contributed by atoms with Crippen molar-refractivity contribution in [2.75, 3.05) is 0 Å². The van der Waals surface area contributed by atoms with Gasteiger partial charge in [-0.1, -0.05) is 25.1 Å². The van der Waals surface area contributed by atoms with Crippen LogP contribution in [0.4, 0.5) is 0 Å². The fraction of sp³-hybridized carbons (Fsp3) is 0.333. The first kappa shape index (κ1) is 15.1. The molecule has 0 aliphatic carbocycles. The molecule has 2 aromatic rings. The van der Waals surface area contributed by atoms with Crippen LogP contribution in [0.1, 0.15) is 46.8 Å². The second kappa shape index (κ2) is 6.41. The second-order valence-electron chi connectivity index (χ2n) is 4.86. The molecule has 1 heterocycles. The Kier molecular flexibility index (Phi) is 4.59. The summed E-state index contributed by atoms with van der Waals surface area (Å²) in [7, 11) is 0. The number of rotatable bonds is 5. The largest absolute Gasteiger partial charge is 0.484 e. The van der Waals surface area contributed by atoms with Gasteiger partial charge in [0.15, 0.2) is 0 Å². The molecule has 0 aliphatic rings. The number of aromatic amines is 1. The van der Waals surface area contributed by atoms with Crippen LogP contribution in [0.5, 0.6) is 5.75 Å². The minimum atomic E-state index is -0.372. The molecule has 1 aromatic heterocycles. The lowest BCUT2D eigenvalue weighted by Crippen LogP contribution is -2.31. The van der Waals surface area contributed by atoms with Crippen LogP contribution in [0, 0.1) is 13.8 Å². The van der Waals surface area contributed by atoms with E-state index >= 15 is 0 Å². The molecule has 0 aliphatic heterocycles. The van der Waals surface area contributed by atoms with Crippen LogP contribution in [0.25, 0.3) is 0 Å². The van der Waals surface area contributed by atoms with Crippen molar-refractivity contribution in [3.8, 4) is 5.75 Å². The summed E-state index contributed by atoms with van der Waals surface area (Å²) >= 11 is 0. The average molecular weight is 288 g/mol. The topological polar surface area (TPSA) is 93.0 Å². The molecule has 0 spiro atoms. The fourth-order valence-corrected chi connectivity index (χ4v) is 2.21. The van der Waals surface area contributed by atoms with Gasteiger partial charge in [-0.15, -0.1) is 0 Å². The number of nitrogen functional groups attached to an aromatic ring is 1. The lowest BCUT2D eigenvalue weighted by molar-refractivity contribution is 0.0947. The normalized spacial score (nSPS) is 12.0. The average Bonchev–Trinajstić information content (AvgIpc) is 2.87. The molecule has 0 bridgehead atoms. The molecule has 21 heavy (non-hydrogen) atoms. The molecule has 6 heteroatoms. The highest BCUT2D eigenvalue weighted by Crippen LogP contribution is 2.28. The number of ether oxygens (including phenoxy) is 1. The Hall–Kier alpha value is -2.34. The van der Waals surface area contributed by atoms with Gasteiger partial charge < -0.3 is 4.74 Å². The van der Waals surface area contributed by atoms with E-state index in [1.807, 2.05) is 38.1 Å². The van der Waals surface area contributed by atoms with Crippen molar-refractivity contribution in [2.24, 2.45) is 5.84 Å². The van der Waals surface area contributed by atoms with Gasteiger partial charge in [0.05, 0.1) is 5.56 Å². The van der Waals surface area contributed by atoms with Crippen LogP contribution in [0.3, 0.4) is 0 Å². The Bertz CT molecular complexity index is 636. The third-order valence-corrected chi connectivity index (χ3v) is 3.37. The van der Waals surface area contributed by atoms with E-state index < -0.39 is 0 Å². The molecule has 1 amide bonds. The summed E-state index contributed by atoms with van der Waals surface area (Å²) in [5, 5.41) is 7.04. The van der Waals surface area contributed by atoms with Gasteiger partial charge in [0, 0.05) is 5.69 Å². The zero-order chi connectivity index (χ0) is 15.4. The first-order valence-electron chi connectivity index (χ1n) is 6.86. The van der Waals surface area contributed by atoms with E-state index in [2.05, 4.69) is 15.6 Å². The molecule has 2 rings (SSSR count). The molecule has 1 unspecified atom stereocenters. The second-order valence-corrected chi connectivity index (χ2v) is 4.86. The van der Waals surface area contributed by atoms with Crippen LogP contribution in [-0.2, 0) is 0 Å². The summed E-state index contributed by atoms with van der Waals surface area (Å²) in [4.78, 5) is 11.9. The number of benzene rings is 1. The minimum absolute atomic E-state index is 0.316. The summed E-state index contributed by atoms with van der Waals surface area (Å²) in [5.41, 5.74) is 4.86. The highest BCUT2D eigenvalue weighted by Gasteiger charge is 2.25. The van der Waals surface area contributed by atoms with Gasteiger partial charge in [0.2, 0.25) is 0 Å². The minimum Gasteiger partial charge on any atom is -0.484 e. The van der Waals surface area contributed by atoms with E-state index in [1.54, 1.807) is 6.92 Å². The molecule has 0 saturated carbocycles. The number of carbonyl (C=O) groups is 1. The van der Waals surface area contributed by atoms with Gasteiger partial charge in [0.1, 0.15) is 17.5 Å². The molecule has 6 nitrogen and oxygen atoms in total. The van der Waals surface area contributed by atoms with Gasteiger partial charge in [0.25, 0.3) is 5.91 Å². The van der Waals surface area contributed by atoms with Crippen molar-refractivity contribution in [3.63, 3.8) is 0 Å². The number of aromatic nitrogens is 2. The van der Waals surface area contributed by atoms with Crippen LogP contribution in [-0.4, -0.2) is 16.1 Å². The number of para-hydroxylation sites is 1. The predicted octanol–water partition coefficient (Wildman–Crippen LogP) is 2.16. The monoisotopic (exact) mass is 288 g/mol. The number of aryl methyl sites for hydroxylation is 2. The van der Waals surface area contributed by atoms with Gasteiger partial charge >= 0.3 is 0 Å². The standard InChI is InChI=1S/C15H20N4O2/c1-4-11(21-12-8-6-5-7-9(12)2)14-13(15(20)17-16)10(3)18-19-14/h5-8,11H,4,16H2,1-3H3,(H,17,20)(H,18,19). The number of hydrogen-bond donors (Lipinski definition) is 3. The number of hydrazine groups is 1. The van der Waals surface area contributed by atoms with Gasteiger partial charge in [-0.3, -0.25) is 15.3 Å². The van der Waals surface area contributed by atoms with Crippen molar-refractivity contribution < 1.29 is 9.53 Å². The number of nitrogens with two attached hydrogens (primary N) is 1. The first-order chi connectivity index (χ1) is 10.1. The van der Waals surface area contributed by atoms with Crippen molar-refractivity contribution in [1.82, 2.24) is 15.6 Å². The molecule has 0 radical (unpaired) electrons. The Morgan fingerprint density at radius 2 is 2.14 bits per heavy atom. The summed E-state index contributed by atoms with van der Waals surface area (Å²) in [5.74, 6) is 5.65. The van der Waals surface area contributed by atoms with Crippen LogP contribution in [0.2, 0.25) is 0 Å². The molecule has 1 aromatic carbocycles. The highest BCUT2D eigenvalue weighted by atomic mass is 16.5. The quantitative estimate of drug-likeness (QED) is 0.446. The molecule has 0 fully saturated rings. The number of hydrogen-bond acceptors (Lipinski definition) is 4. The van der Waals surface area contributed by atoms with Crippen molar-refractivity contribution in [3.05, 3.63) is 46.8 Å². The van der Waals surface area contributed by atoms with Crippen LogP contribution >= 0.6 is 0 Å². The van der Waals surface area contributed by atoms with E-state index in [-0.39, 0.29) is 12.0 Å². The molecular weight excluding hydrogens is 268 g/mol. The third-order valence-electron chi connectivity index (χ3n) is 3.37. The van der Waals surface area contributed by atoms with Crippen molar-refractivity contribution in [1.29, 1.82) is 0 Å². The Balaban J connectivity index is 2.35. The van der Waals surface area contributed by atoms with Crippen LogP contribution in [0.15, 0.2) is 24.3 Å². The Morgan fingerprint density at radius 1 is 1.43 bits per heavy atom. The van der Waals surface area contributed by atoms with E-state index in [4.69, 9.17) is 10.6 Å². The lowest BCUT2D eigenvalue weighted by atomic mass is 10.1. The predicted molar refractivity (Wildman–Crippen MR) is 79.8 cm³/mol. The first-order valence-corrected chi connectivity index (χ1v) is 6.86. The smallest absolute Gasteiger partial charge is 0.269 e. The molecule has 112 valence electrons. The molecule has 4 N–H and O–H groups in total. The van der Waals surface area contributed by atoms with Gasteiger partial charge in [-0.2, -0.15) is 5.10 Å². The van der Waals surface area contributed by atoms with Crippen molar-refractivity contribution in [2.45, 2.75) is 33.3 Å². The maximum Gasteiger partial charge on any atom is 0.269 e. The van der Waals surface area contributed by atoms with Crippen molar-refractivity contribution >= 4 is 5.91 Å². The maximum absolute atomic E-state index is 11.9. The van der Waals surface area contributed by atoms with E-state index in [0.717, 1.165) is 11.3 Å². The Morgan fingerprint density at radius 3 is 2.76 bits per heavy atom. The van der Waals surface area contributed by atoms with E-state index in [9.17, 15) is 4.79 Å². The van der Waals surface area contributed by atoms with Gasteiger partial charge in [-0.25, -0.2) is 5.84 Å². The third kappa shape index (κ3) is 3.05. The summed E-state index contributed by atoms with van der Waals surface area (Å²) < 4.78 is 6.03.